The summed E-state index contributed by atoms with van der Waals surface area (Å²) >= 11 is 1.21. The number of aromatic nitrogens is 1. The van der Waals surface area contributed by atoms with Gasteiger partial charge in [-0.25, -0.2) is 12.8 Å². The van der Waals surface area contributed by atoms with Gasteiger partial charge in [-0.3, -0.25) is 4.79 Å². The van der Waals surface area contributed by atoms with Gasteiger partial charge in [0.1, 0.15) is 11.6 Å². The van der Waals surface area contributed by atoms with Crippen LogP contribution in [0.2, 0.25) is 0 Å². The maximum absolute atomic E-state index is 13.8. The van der Waals surface area contributed by atoms with Gasteiger partial charge in [0.05, 0.1) is 12.3 Å². The fourth-order valence-electron chi connectivity index (χ4n) is 2.29. The molecule has 2 aromatic rings. The van der Waals surface area contributed by atoms with Crippen LogP contribution in [0.1, 0.15) is 31.7 Å². The Morgan fingerprint density at radius 1 is 1.28 bits per heavy atom. The largest absolute Gasteiger partial charge is 0.319 e. The molecule has 1 aromatic heterocycles. The zero-order valence-corrected chi connectivity index (χ0v) is 15.7. The predicted molar refractivity (Wildman–Crippen MR) is 96.6 cm³/mol. The van der Waals surface area contributed by atoms with Crippen LogP contribution in [0.5, 0.6) is 0 Å². The molecule has 0 spiro atoms. The molecule has 0 aliphatic rings. The van der Waals surface area contributed by atoms with E-state index in [1.165, 1.54) is 17.4 Å². The van der Waals surface area contributed by atoms with Crippen molar-refractivity contribution in [1.82, 2.24) is 4.57 Å². The Morgan fingerprint density at radius 2 is 2.04 bits per heavy atom. The zero-order chi connectivity index (χ0) is 18.3. The topological polar surface area (TPSA) is 68.5 Å². The van der Waals surface area contributed by atoms with Gasteiger partial charge in [0.2, 0.25) is 0 Å². The van der Waals surface area contributed by atoms with Crippen molar-refractivity contribution in [2.24, 2.45) is 4.99 Å². The second-order valence-electron chi connectivity index (χ2n) is 5.71. The van der Waals surface area contributed by atoms with Crippen molar-refractivity contribution in [2.45, 2.75) is 32.7 Å². The maximum atomic E-state index is 13.8. The van der Waals surface area contributed by atoms with Crippen LogP contribution in [0.3, 0.4) is 0 Å². The molecular weight excluding hydrogens is 363 g/mol. The summed E-state index contributed by atoms with van der Waals surface area (Å²) in [6, 6.07) is 6.36. The van der Waals surface area contributed by atoms with Gasteiger partial charge < -0.3 is 4.57 Å². The van der Waals surface area contributed by atoms with Gasteiger partial charge in [-0.15, -0.1) is 11.3 Å². The number of nitrogens with zero attached hydrogens (tertiary/aromatic N) is 2. The minimum absolute atomic E-state index is 0.00175. The van der Waals surface area contributed by atoms with E-state index in [0.29, 0.717) is 16.8 Å². The Balaban J connectivity index is 2.10. The molecule has 0 saturated carbocycles. The quantitative estimate of drug-likeness (QED) is 0.657. The lowest BCUT2D eigenvalue weighted by atomic mass is 10.2. The SMILES string of the molecule is CCCCCS(=O)(=O)CC(=O)N=c1sccn1Cc1ccccc1F. The van der Waals surface area contributed by atoms with Gasteiger partial charge >= 0.3 is 0 Å². The summed E-state index contributed by atoms with van der Waals surface area (Å²) < 4.78 is 39.3. The van der Waals surface area contributed by atoms with Crippen LogP contribution in [-0.2, 0) is 21.2 Å². The first-order valence-corrected chi connectivity index (χ1v) is 10.8. The molecule has 1 heterocycles. The third-order valence-corrected chi connectivity index (χ3v) is 5.97. The van der Waals surface area contributed by atoms with Crippen LogP contribution >= 0.6 is 11.3 Å². The summed E-state index contributed by atoms with van der Waals surface area (Å²) in [5.74, 6) is -1.62. The number of hydrogen-bond acceptors (Lipinski definition) is 4. The Morgan fingerprint density at radius 3 is 2.76 bits per heavy atom. The van der Waals surface area contributed by atoms with Crippen LogP contribution in [0.25, 0.3) is 0 Å². The summed E-state index contributed by atoms with van der Waals surface area (Å²) in [4.78, 5) is 16.3. The minimum Gasteiger partial charge on any atom is -0.319 e. The van der Waals surface area contributed by atoms with Crippen molar-refractivity contribution >= 4 is 27.1 Å². The summed E-state index contributed by atoms with van der Waals surface area (Å²) in [7, 11) is -3.44. The Labute approximate surface area is 150 Å². The molecule has 8 heteroatoms. The molecule has 0 saturated heterocycles. The third-order valence-electron chi connectivity index (χ3n) is 3.58. The van der Waals surface area contributed by atoms with E-state index >= 15 is 0 Å². The van der Waals surface area contributed by atoms with E-state index in [2.05, 4.69) is 4.99 Å². The van der Waals surface area contributed by atoms with Crippen molar-refractivity contribution in [2.75, 3.05) is 11.5 Å². The number of carbonyl (C=O) groups excluding carboxylic acids is 1. The molecule has 0 aliphatic carbocycles. The molecule has 5 nitrogen and oxygen atoms in total. The fourth-order valence-corrected chi connectivity index (χ4v) is 4.26. The van der Waals surface area contributed by atoms with Gasteiger partial charge in [-0.1, -0.05) is 38.0 Å². The molecule has 0 unspecified atom stereocenters. The van der Waals surface area contributed by atoms with Gasteiger partial charge in [-0.2, -0.15) is 4.99 Å². The summed E-state index contributed by atoms with van der Waals surface area (Å²) in [6.45, 7) is 2.21. The lowest BCUT2D eigenvalue weighted by Crippen LogP contribution is -2.22. The van der Waals surface area contributed by atoms with Crippen molar-refractivity contribution in [1.29, 1.82) is 0 Å². The Bertz CT molecular complexity index is 885. The lowest BCUT2D eigenvalue weighted by molar-refractivity contribution is -0.115. The van der Waals surface area contributed by atoms with E-state index in [9.17, 15) is 17.6 Å². The smallest absolute Gasteiger partial charge is 0.263 e. The number of unbranched alkanes of at least 4 members (excludes halogenated alkanes) is 2. The predicted octanol–water partition coefficient (Wildman–Crippen LogP) is 2.77. The normalized spacial score (nSPS) is 12.5. The fraction of sp³-hybridized carbons (Fsp3) is 0.412. The number of thiazole rings is 1. The number of sulfone groups is 1. The van der Waals surface area contributed by atoms with Crippen LogP contribution in [-0.4, -0.2) is 30.4 Å². The van der Waals surface area contributed by atoms with E-state index in [4.69, 9.17) is 0 Å². The number of rotatable bonds is 8. The first-order chi connectivity index (χ1) is 11.9. The highest BCUT2D eigenvalue weighted by Gasteiger charge is 2.16. The number of amides is 1. The van der Waals surface area contributed by atoms with Crippen molar-refractivity contribution in [3.8, 4) is 0 Å². The first kappa shape index (κ1) is 19.5. The summed E-state index contributed by atoms with van der Waals surface area (Å²) in [6.07, 6.45) is 3.98. The number of carbonyl (C=O) groups is 1. The highest BCUT2D eigenvalue weighted by atomic mass is 32.2. The highest BCUT2D eigenvalue weighted by Crippen LogP contribution is 2.08. The molecular formula is C17H21FN2O3S2. The standard InChI is InChI=1S/C17H21FN2O3S2/c1-2-3-6-11-25(22,23)13-16(21)19-17-20(9-10-24-17)12-14-7-4-5-8-15(14)18/h4-5,7-10H,2-3,6,11-13H2,1H3. The molecule has 136 valence electrons. The minimum atomic E-state index is -3.44. The van der Waals surface area contributed by atoms with Crippen molar-refractivity contribution < 1.29 is 17.6 Å². The van der Waals surface area contributed by atoms with Crippen LogP contribution in [0.4, 0.5) is 4.39 Å². The maximum Gasteiger partial charge on any atom is 0.263 e. The number of benzene rings is 1. The average molecular weight is 384 g/mol. The number of halogens is 1. The van der Waals surface area contributed by atoms with Crippen LogP contribution < -0.4 is 4.80 Å². The highest BCUT2D eigenvalue weighted by molar-refractivity contribution is 7.92. The molecule has 25 heavy (non-hydrogen) atoms. The van der Waals surface area contributed by atoms with Crippen molar-refractivity contribution in [3.05, 3.63) is 52.0 Å². The molecule has 2 rings (SSSR count). The Kier molecular flexibility index (Phi) is 7.07. The summed E-state index contributed by atoms with van der Waals surface area (Å²) in [5.41, 5.74) is 0.474. The van der Waals surface area contributed by atoms with Gasteiger partial charge in [0.15, 0.2) is 14.6 Å². The van der Waals surface area contributed by atoms with E-state index in [0.717, 1.165) is 12.8 Å². The van der Waals surface area contributed by atoms with Crippen LogP contribution in [0, 0.1) is 5.82 Å². The zero-order valence-electron chi connectivity index (χ0n) is 14.0. The van der Waals surface area contributed by atoms with Gasteiger partial charge in [0.25, 0.3) is 5.91 Å². The molecule has 0 radical (unpaired) electrons. The third kappa shape index (κ3) is 6.21. The molecule has 0 aliphatic heterocycles. The molecule has 0 bridgehead atoms. The number of hydrogen-bond donors (Lipinski definition) is 0. The molecule has 0 fully saturated rings. The van der Waals surface area contributed by atoms with E-state index < -0.39 is 21.5 Å². The monoisotopic (exact) mass is 384 g/mol. The van der Waals surface area contributed by atoms with Gasteiger partial charge in [0, 0.05) is 17.1 Å². The first-order valence-electron chi connectivity index (χ1n) is 8.06. The van der Waals surface area contributed by atoms with E-state index in [1.54, 1.807) is 34.3 Å². The second-order valence-corrected chi connectivity index (χ2v) is 8.77. The average Bonchev–Trinajstić information content (AvgIpc) is 2.96. The Hall–Kier alpha value is -1.80. The van der Waals surface area contributed by atoms with Gasteiger partial charge in [-0.05, 0) is 12.5 Å². The molecule has 1 aromatic carbocycles. The lowest BCUT2D eigenvalue weighted by Gasteiger charge is -2.04. The second kappa shape index (κ2) is 9.05. The van der Waals surface area contributed by atoms with E-state index in [1.807, 2.05) is 6.92 Å². The van der Waals surface area contributed by atoms with Crippen LogP contribution in [0.15, 0.2) is 40.8 Å². The molecule has 1 amide bonds. The molecule has 0 N–H and O–H groups in total. The summed E-state index contributed by atoms with van der Waals surface area (Å²) in [5, 5.41) is 1.72. The molecule has 0 atom stereocenters. The van der Waals surface area contributed by atoms with E-state index in [-0.39, 0.29) is 18.1 Å². The van der Waals surface area contributed by atoms with Crippen molar-refractivity contribution in [3.63, 3.8) is 0 Å².